The molecule has 40 heavy (non-hydrogen) atoms. The van der Waals surface area contributed by atoms with E-state index in [1.165, 1.54) is 4.90 Å². The van der Waals surface area contributed by atoms with E-state index < -0.39 is 29.7 Å². The topological polar surface area (TPSA) is 109 Å². The molecular formula is C31H36N4O5. The molecular weight excluding hydrogens is 508 g/mol. The van der Waals surface area contributed by atoms with Gasteiger partial charge in [-0.25, -0.2) is 4.79 Å². The van der Waals surface area contributed by atoms with Gasteiger partial charge < -0.3 is 30.3 Å². The van der Waals surface area contributed by atoms with Gasteiger partial charge in [0.25, 0.3) is 5.91 Å². The molecule has 1 heterocycles. The van der Waals surface area contributed by atoms with E-state index >= 15 is 0 Å². The Labute approximate surface area is 234 Å². The van der Waals surface area contributed by atoms with Gasteiger partial charge in [0, 0.05) is 30.2 Å². The van der Waals surface area contributed by atoms with Crippen molar-refractivity contribution < 1.29 is 23.9 Å². The van der Waals surface area contributed by atoms with Gasteiger partial charge in [-0.15, -0.1) is 0 Å². The van der Waals surface area contributed by atoms with E-state index in [4.69, 9.17) is 9.47 Å². The van der Waals surface area contributed by atoms with Crippen LogP contribution in [-0.2, 0) is 24.6 Å². The summed E-state index contributed by atoms with van der Waals surface area (Å²) in [5.41, 5.74) is 2.63. The van der Waals surface area contributed by atoms with Crippen LogP contribution in [0, 0.1) is 13.8 Å². The smallest absolute Gasteiger partial charge is 0.320 e. The van der Waals surface area contributed by atoms with Crippen molar-refractivity contribution in [2.45, 2.75) is 45.9 Å². The fraction of sp³-hybridized carbons (Fsp3) is 0.323. The van der Waals surface area contributed by atoms with Gasteiger partial charge in [-0.1, -0.05) is 48.0 Å². The maximum atomic E-state index is 14.3. The zero-order valence-corrected chi connectivity index (χ0v) is 23.3. The van der Waals surface area contributed by atoms with Gasteiger partial charge in [-0.05, 0) is 63.6 Å². The molecule has 0 unspecified atom stereocenters. The zero-order chi connectivity index (χ0) is 28.7. The molecule has 4 amide bonds. The molecule has 1 aliphatic rings. The molecule has 0 saturated carbocycles. The third-order valence-corrected chi connectivity index (χ3v) is 6.67. The van der Waals surface area contributed by atoms with Gasteiger partial charge in [-0.2, -0.15) is 0 Å². The highest BCUT2D eigenvalue weighted by Gasteiger charge is 2.53. The summed E-state index contributed by atoms with van der Waals surface area (Å²) >= 11 is 0. The number of ether oxygens (including phenoxy) is 2. The summed E-state index contributed by atoms with van der Waals surface area (Å²) in [5.74, 6) is -0.867. The lowest BCUT2D eigenvalue weighted by Gasteiger charge is -2.30. The number of nitrogens with zero attached hydrogens (tertiary/aromatic N) is 1. The first kappa shape index (κ1) is 28.8. The van der Waals surface area contributed by atoms with Crippen molar-refractivity contribution in [1.82, 2.24) is 5.32 Å². The Morgan fingerprint density at radius 3 is 2.23 bits per heavy atom. The number of benzene rings is 3. The lowest BCUT2D eigenvalue weighted by atomic mass is 9.87. The van der Waals surface area contributed by atoms with E-state index in [1.54, 1.807) is 36.4 Å². The first-order valence-corrected chi connectivity index (χ1v) is 13.4. The van der Waals surface area contributed by atoms with Gasteiger partial charge in [0.2, 0.25) is 5.91 Å². The molecule has 0 bridgehead atoms. The third kappa shape index (κ3) is 6.50. The summed E-state index contributed by atoms with van der Waals surface area (Å²) in [7, 11) is 0. The molecule has 3 aromatic rings. The van der Waals surface area contributed by atoms with Crippen LogP contribution < -0.4 is 20.9 Å². The first-order chi connectivity index (χ1) is 19.3. The van der Waals surface area contributed by atoms with E-state index in [0.717, 1.165) is 11.1 Å². The number of fused-ring (bicyclic) bond motifs is 1. The molecule has 9 nitrogen and oxygen atoms in total. The van der Waals surface area contributed by atoms with Gasteiger partial charge in [-0.3, -0.25) is 9.59 Å². The normalized spacial score (nSPS) is 16.1. The number of hydrogen-bond acceptors (Lipinski definition) is 5. The maximum absolute atomic E-state index is 14.3. The highest BCUT2D eigenvalue weighted by Crippen LogP contribution is 2.43. The summed E-state index contributed by atoms with van der Waals surface area (Å²) in [6.07, 6.45) is -0.993. The van der Waals surface area contributed by atoms with Gasteiger partial charge in [0.05, 0.1) is 18.7 Å². The Morgan fingerprint density at radius 1 is 0.850 bits per heavy atom. The van der Waals surface area contributed by atoms with E-state index in [1.807, 2.05) is 64.1 Å². The minimum Gasteiger partial charge on any atom is -0.351 e. The number of hydrogen-bond donors (Lipinski definition) is 3. The van der Waals surface area contributed by atoms with Crippen molar-refractivity contribution in [1.29, 1.82) is 0 Å². The van der Waals surface area contributed by atoms with Gasteiger partial charge in [0.1, 0.15) is 0 Å². The van der Waals surface area contributed by atoms with Crippen LogP contribution in [-0.4, -0.2) is 43.9 Å². The Bertz CT molecular complexity index is 1350. The van der Waals surface area contributed by atoms with Crippen LogP contribution in [0.3, 0.4) is 0 Å². The van der Waals surface area contributed by atoms with E-state index in [2.05, 4.69) is 16.0 Å². The lowest BCUT2D eigenvalue weighted by molar-refractivity contribution is -0.138. The van der Waals surface area contributed by atoms with Crippen LogP contribution in [0.15, 0.2) is 72.8 Å². The Balaban J connectivity index is 1.69. The second-order valence-corrected chi connectivity index (χ2v) is 9.72. The summed E-state index contributed by atoms with van der Waals surface area (Å²) in [6.45, 7) is 8.47. The SMILES string of the molecule is CCOC(CN1C(=O)[C@@](CC(=O)Nc2cccc(C)c2)(NC(=O)Nc2ccc(C)cc2)c2ccccc21)OCC. The molecule has 3 N–H and O–H groups in total. The maximum Gasteiger partial charge on any atom is 0.320 e. The standard InChI is InChI=1S/C31H36N4O5/c1-5-39-28(40-6-2)20-35-26-13-8-7-12-25(26)31(29(35)37,19-27(36)32-24-11-9-10-22(4)18-24)34-30(38)33-23-16-14-21(3)15-17-23/h7-18,28H,5-6,19-20H2,1-4H3,(H,32,36)(H2,33,34,38)/t31-/m0/s1. The predicted molar refractivity (Wildman–Crippen MR) is 155 cm³/mol. The molecule has 0 aromatic heterocycles. The highest BCUT2D eigenvalue weighted by molar-refractivity contribution is 6.12. The number of amides is 4. The number of carbonyl (C=O) groups excluding carboxylic acids is 3. The molecule has 0 radical (unpaired) electrons. The summed E-state index contributed by atoms with van der Waals surface area (Å²) in [4.78, 5) is 42.6. The van der Waals surface area contributed by atoms with E-state index in [-0.39, 0.29) is 13.0 Å². The molecule has 1 aliphatic heterocycles. The van der Waals surface area contributed by atoms with Gasteiger partial charge in [0.15, 0.2) is 11.8 Å². The van der Waals surface area contributed by atoms with Crippen molar-refractivity contribution in [3.8, 4) is 0 Å². The molecule has 0 spiro atoms. The van der Waals surface area contributed by atoms with Crippen LogP contribution in [0.4, 0.5) is 21.9 Å². The second kappa shape index (κ2) is 12.8. The van der Waals surface area contributed by atoms with Crippen molar-refractivity contribution in [2.24, 2.45) is 0 Å². The largest absolute Gasteiger partial charge is 0.351 e. The van der Waals surface area contributed by atoms with E-state index in [9.17, 15) is 14.4 Å². The van der Waals surface area contributed by atoms with E-state index in [0.29, 0.717) is 35.8 Å². The monoisotopic (exact) mass is 544 g/mol. The molecule has 3 aromatic carbocycles. The number of para-hydroxylation sites is 1. The fourth-order valence-corrected chi connectivity index (χ4v) is 4.88. The van der Waals surface area contributed by atoms with Crippen LogP contribution in [0.2, 0.25) is 0 Å². The molecule has 1 atom stereocenters. The molecule has 210 valence electrons. The Hall–Kier alpha value is -4.21. The average molecular weight is 545 g/mol. The summed E-state index contributed by atoms with van der Waals surface area (Å²) in [6, 6.07) is 21.2. The van der Waals surface area contributed by atoms with Crippen LogP contribution in [0.1, 0.15) is 37.0 Å². The molecule has 0 fully saturated rings. The number of nitrogens with one attached hydrogen (secondary N) is 3. The second-order valence-electron chi connectivity index (χ2n) is 9.72. The Kier molecular flexibility index (Phi) is 9.19. The van der Waals surface area contributed by atoms with Crippen molar-refractivity contribution >= 4 is 34.9 Å². The van der Waals surface area contributed by atoms with Crippen LogP contribution in [0.25, 0.3) is 0 Å². The Morgan fingerprint density at radius 2 is 1.55 bits per heavy atom. The number of carbonyl (C=O) groups is 3. The number of anilines is 3. The van der Waals surface area contributed by atoms with Crippen LogP contribution in [0.5, 0.6) is 0 Å². The number of aryl methyl sites for hydroxylation is 2. The van der Waals surface area contributed by atoms with Crippen molar-refractivity contribution in [2.75, 3.05) is 35.3 Å². The van der Waals surface area contributed by atoms with Gasteiger partial charge >= 0.3 is 6.03 Å². The minimum absolute atomic E-state index is 0.0973. The summed E-state index contributed by atoms with van der Waals surface area (Å²) in [5, 5.41) is 8.55. The third-order valence-electron chi connectivity index (χ3n) is 6.67. The zero-order valence-electron chi connectivity index (χ0n) is 23.3. The lowest BCUT2D eigenvalue weighted by Crippen LogP contribution is -2.56. The summed E-state index contributed by atoms with van der Waals surface area (Å²) < 4.78 is 11.4. The molecule has 4 rings (SSSR count). The van der Waals surface area contributed by atoms with Crippen LogP contribution >= 0.6 is 0 Å². The fourth-order valence-electron chi connectivity index (χ4n) is 4.88. The quantitative estimate of drug-likeness (QED) is 0.291. The predicted octanol–water partition coefficient (Wildman–Crippen LogP) is 5.09. The number of rotatable bonds is 11. The minimum atomic E-state index is -1.66. The van der Waals surface area contributed by atoms with Crippen molar-refractivity contribution in [3.63, 3.8) is 0 Å². The number of urea groups is 1. The highest BCUT2D eigenvalue weighted by atomic mass is 16.7. The average Bonchev–Trinajstić information content (AvgIpc) is 3.13. The molecule has 0 aliphatic carbocycles. The van der Waals surface area contributed by atoms with Crippen molar-refractivity contribution in [3.05, 3.63) is 89.5 Å². The first-order valence-electron chi connectivity index (χ1n) is 13.4. The molecule has 9 heteroatoms. The molecule has 0 saturated heterocycles.